The fourth-order valence-corrected chi connectivity index (χ4v) is 15.7. The van der Waals surface area contributed by atoms with Gasteiger partial charge in [-0.25, -0.2) is 0 Å². The second-order valence-corrected chi connectivity index (χ2v) is 14.5. The van der Waals surface area contributed by atoms with Crippen molar-refractivity contribution in [2.24, 2.45) is 0 Å². The third kappa shape index (κ3) is 1.80. The van der Waals surface area contributed by atoms with Crippen LogP contribution in [0.1, 0.15) is 0 Å². The summed E-state index contributed by atoms with van der Waals surface area (Å²) in [5, 5.41) is 0. The summed E-state index contributed by atoms with van der Waals surface area (Å²) in [4.78, 5) is 0. The van der Waals surface area contributed by atoms with Gasteiger partial charge >= 0.3 is 0 Å². The lowest BCUT2D eigenvalue weighted by atomic mass is 11.2. The predicted octanol–water partition coefficient (Wildman–Crippen LogP) is 2.59. The highest BCUT2D eigenvalue weighted by atomic mass is 28.4. The van der Waals surface area contributed by atoms with E-state index in [-0.39, 0.29) is 0 Å². The van der Waals surface area contributed by atoms with E-state index in [0.717, 1.165) is 0 Å². The van der Waals surface area contributed by atoms with Crippen LogP contribution in [-0.4, -0.2) is 16.1 Å². The third-order valence-corrected chi connectivity index (χ3v) is 11.7. The molecule has 52 valence electrons. The molecule has 0 N–H and O–H groups in total. The Labute approximate surface area is 60.0 Å². The van der Waals surface area contributed by atoms with Crippen LogP contribution in [0.3, 0.4) is 0 Å². The van der Waals surface area contributed by atoms with Crippen LogP contribution < -0.4 is 0 Å². The minimum absolute atomic E-state index is 0.794. The largest absolute Gasteiger partial charge is 0.103 e. The van der Waals surface area contributed by atoms with Gasteiger partial charge in [-0.3, -0.25) is 0 Å². The van der Waals surface area contributed by atoms with Gasteiger partial charge in [0.25, 0.3) is 0 Å². The molecule has 0 aromatic carbocycles. The molecule has 0 aromatic rings. The van der Waals surface area contributed by atoms with Crippen LogP contribution in [0.4, 0.5) is 0 Å². The molecule has 0 atom stereocenters. The number of rotatable bonds is 0. The monoisotopic (exact) mass is 156 g/mol. The SMILES string of the molecule is C[Si]1(C)C=C[Si](C)(C)C1. The lowest BCUT2D eigenvalue weighted by molar-refractivity contribution is 1.63. The molecule has 0 bridgehead atoms. The van der Waals surface area contributed by atoms with Gasteiger partial charge in [-0.05, 0) is 0 Å². The maximum absolute atomic E-state index is 2.53. The molecule has 2 heteroatoms. The second-order valence-electron chi connectivity index (χ2n) is 4.49. The molecule has 0 saturated heterocycles. The summed E-state index contributed by atoms with van der Waals surface area (Å²) in [6, 6.07) is 0. The molecule has 1 aliphatic rings. The fraction of sp³-hybridized carbons (Fsp3) is 0.714. The van der Waals surface area contributed by atoms with Crippen molar-refractivity contribution in [3.05, 3.63) is 11.4 Å². The Morgan fingerprint density at radius 2 is 1.22 bits per heavy atom. The van der Waals surface area contributed by atoms with E-state index in [2.05, 4.69) is 37.6 Å². The van der Waals surface area contributed by atoms with Crippen LogP contribution in [0.5, 0.6) is 0 Å². The molecular weight excluding hydrogens is 140 g/mol. The molecule has 0 aliphatic carbocycles. The molecule has 0 spiro atoms. The van der Waals surface area contributed by atoms with Gasteiger partial charge in [-0.15, -0.1) is 11.4 Å². The van der Waals surface area contributed by atoms with Crippen molar-refractivity contribution in [1.29, 1.82) is 0 Å². The van der Waals surface area contributed by atoms with Gasteiger partial charge in [0.05, 0.1) is 16.1 Å². The Kier molecular flexibility index (Phi) is 1.48. The van der Waals surface area contributed by atoms with Crippen molar-refractivity contribution in [2.45, 2.75) is 31.9 Å². The Morgan fingerprint density at radius 1 is 0.889 bits per heavy atom. The zero-order chi connectivity index (χ0) is 7.12. The molecule has 1 rings (SSSR count). The minimum Gasteiger partial charge on any atom is -0.103 e. The molecule has 0 radical (unpaired) electrons. The molecule has 0 nitrogen and oxygen atoms in total. The Hall–Kier alpha value is 0.174. The van der Waals surface area contributed by atoms with Gasteiger partial charge in [-0.2, -0.15) is 0 Å². The fourth-order valence-electron chi connectivity index (χ4n) is 1.74. The standard InChI is InChI=1S/C7H16Si2/c1-8(2)5-6-9(3,4)7-8/h5-6H,7H2,1-4H3. The third-order valence-electron chi connectivity index (χ3n) is 1.90. The molecule has 0 unspecified atom stereocenters. The lowest BCUT2D eigenvalue weighted by Crippen LogP contribution is -2.29. The average Bonchev–Trinajstić information content (AvgIpc) is 1.78. The van der Waals surface area contributed by atoms with E-state index in [1.54, 1.807) is 5.67 Å². The van der Waals surface area contributed by atoms with E-state index in [1.807, 2.05) is 0 Å². The second kappa shape index (κ2) is 1.83. The maximum atomic E-state index is 2.53. The first-order valence-corrected chi connectivity index (χ1v) is 10.2. The van der Waals surface area contributed by atoms with Gasteiger partial charge in [0.1, 0.15) is 0 Å². The van der Waals surface area contributed by atoms with E-state index < -0.39 is 16.1 Å². The molecule has 9 heavy (non-hydrogen) atoms. The summed E-state index contributed by atoms with van der Waals surface area (Å²) in [7, 11) is -1.59. The predicted molar refractivity (Wildman–Crippen MR) is 48.9 cm³/mol. The normalized spacial score (nSPS) is 28.9. The first-order chi connectivity index (χ1) is 3.91. The van der Waals surface area contributed by atoms with Gasteiger partial charge in [-0.1, -0.05) is 31.9 Å². The van der Waals surface area contributed by atoms with E-state index in [9.17, 15) is 0 Å². The summed E-state index contributed by atoms with van der Waals surface area (Å²) in [5.74, 6) is 0. The summed E-state index contributed by atoms with van der Waals surface area (Å²) >= 11 is 0. The summed E-state index contributed by atoms with van der Waals surface area (Å²) < 4.78 is 0. The van der Waals surface area contributed by atoms with Crippen LogP contribution >= 0.6 is 0 Å². The highest BCUT2D eigenvalue weighted by molar-refractivity contribution is 7.03. The van der Waals surface area contributed by atoms with Crippen molar-refractivity contribution in [1.82, 2.24) is 0 Å². The van der Waals surface area contributed by atoms with Gasteiger partial charge in [0.15, 0.2) is 0 Å². The van der Waals surface area contributed by atoms with Gasteiger partial charge < -0.3 is 0 Å². The van der Waals surface area contributed by atoms with Crippen LogP contribution in [0, 0.1) is 0 Å². The maximum Gasteiger partial charge on any atom is 0.0685 e. The van der Waals surface area contributed by atoms with Gasteiger partial charge in [0, 0.05) is 0 Å². The number of hydrogen-bond acceptors (Lipinski definition) is 0. The zero-order valence-electron chi connectivity index (χ0n) is 6.86. The Balaban J connectivity index is 2.71. The molecular formula is C7H16Si2. The molecule has 0 aromatic heterocycles. The lowest BCUT2D eigenvalue weighted by Gasteiger charge is -2.18. The van der Waals surface area contributed by atoms with E-state index >= 15 is 0 Å². The Morgan fingerprint density at radius 3 is 1.33 bits per heavy atom. The average molecular weight is 156 g/mol. The van der Waals surface area contributed by atoms with Crippen LogP contribution in [0.15, 0.2) is 11.4 Å². The zero-order valence-corrected chi connectivity index (χ0v) is 8.86. The van der Waals surface area contributed by atoms with Crippen molar-refractivity contribution in [3.8, 4) is 0 Å². The highest BCUT2D eigenvalue weighted by Gasteiger charge is 2.33. The summed E-state index contributed by atoms with van der Waals surface area (Å²) in [6.45, 7) is 9.85. The quantitative estimate of drug-likeness (QED) is 0.473. The highest BCUT2D eigenvalue weighted by Crippen LogP contribution is 2.28. The van der Waals surface area contributed by atoms with Crippen molar-refractivity contribution < 1.29 is 0 Å². The van der Waals surface area contributed by atoms with Crippen molar-refractivity contribution in [3.63, 3.8) is 0 Å². The minimum atomic E-state index is -0.794. The van der Waals surface area contributed by atoms with E-state index in [1.165, 1.54) is 0 Å². The van der Waals surface area contributed by atoms with Gasteiger partial charge in [0.2, 0.25) is 0 Å². The van der Waals surface area contributed by atoms with Crippen LogP contribution in [-0.2, 0) is 0 Å². The van der Waals surface area contributed by atoms with Crippen LogP contribution in [0.25, 0.3) is 0 Å². The first-order valence-electron chi connectivity index (χ1n) is 3.62. The molecule has 1 aliphatic heterocycles. The molecule has 1 heterocycles. The molecule has 0 amide bonds. The van der Waals surface area contributed by atoms with Crippen molar-refractivity contribution >= 4 is 16.1 Å². The smallest absolute Gasteiger partial charge is 0.0685 e. The van der Waals surface area contributed by atoms with E-state index in [0.29, 0.717) is 0 Å². The molecule has 0 fully saturated rings. The van der Waals surface area contributed by atoms with Crippen molar-refractivity contribution in [2.75, 3.05) is 0 Å². The summed E-state index contributed by atoms with van der Waals surface area (Å²) in [6.07, 6.45) is 0. The summed E-state index contributed by atoms with van der Waals surface area (Å²) in [5.41, 5.74) is 6.62. The van der Waals surface area contributed by atoms with Crippen LogP contribution in [0.2, 0.25) is 31.9 Å². The Bertz CT molecular complexity index is 129. The number of hydrogen-bond donors (Lipinski definition) is 0. The first kappa shape index (κ1) is 7.28. The molecule has 0 saturated carbocycles. The topological polar surface area (TPSA) is 0 Å². The van der Waals surface area contributed by atoms with E-state index in [4.69, 9.17) is 0 Å².